The lowest BCUT2D eigenvalue weighted by atomic mass is 10.2. The molecule has 0 bridgehead atoms. The van der Waals surface area contributed by atoms with E-state index in [1.165, 1.54) is 10.4 Å². The van der Waals surface area contributed by atoms with Crippen molar-refractivity contribution in [3.63, 3.8) is 0 Å². The maximum Gasteiger partial charge on any atom is 0.262 e. The second-order valence-corrected chi connectivity index (χ2v) is 5.44. The third kappa shape index (κ3) is 2.33. The molecule has 3 nitrogen and oxygen atoms in total. The summed E-state index contributed by atoms with van der Waals surface area (Å²) in [7, 11) is 0. The van der Waals surface area contributed by atoms with Crippen LogP contribution in [0.5, 0.6) is 0 Å². The van der Waals surface area contributed by atoms with Gasteiger partial charge in [-0.05, 0) is 23.8 Å². The van der Waals surface area contributed by atoms with Gasteiger partial charge in [0.05, 0.1) is 10.9 Å². The number of carbonyl (C=O) groups excluding carboxylic acids is 1. The average Bonchev–Trinajstić information content (AvgIpc) is 2.69. The molecule has 0 atom stereocenters. The van der Waals surface area contributed by atoms with Gasteiger partial charge in [0.1, 0.15) is 6.54 Å². The van der Waals surface area contributed by atoms with Gasteiger partial charge in [0, 0.05) is 10.6 Å². The van der Waals surface area contributed by atoms with Gasteiger partial charge >= 0.3 is 0 Å². The van der Waals surface area contributed by atoms with E-state index in [1.54, 1.807) is 11.3 Å². The van der Waals surface area contributed by atoms with Crippen molar-refractivity contribution in [3.8, 4) is 6.07 Å². The molecule has 0 fully saturated rings. The largest absolute Gasteiger partial charge is 0.338 e. The minimum absolute atomic E-state index is 0.0795. The van der Waals surface area contributed by atoms with Crippen LogP contribution in [0.1, 0.15) is 20.1 Å². The standard InChI is InChI=1S/C10H10N2OS2/c11-2-3-12-10(13)9-5-7-6-14-4-1-8(7)15-9/h5H,1,3-4,6H2,(H,12,13). The first-order valence-corrected chi connectivity index (χ1v) is 6.63. The zero-order valence-corrected chi connectivity index (χ0v) is 9.71. The molecule has 0 spiro atoms. The van der Waals surface area contributed by atoms with Crippen LogP contribution in [-0.2, 0) is 12.2 Å². The number of fused-ring (bicyclic) bond motifs is 1. The van der Waals surface area contributed by atoms with Gasteiger partial charge in [0.2, 0.25) is 0 Å². The fraction of sp³-hybridized carbons (Fsp3) is 0.400. The number of amides is 1. The first kappa shape index (κ1) is 10.5. The van der Waals surface area contributed by atoms with Crippen molar-refractivity contribution < 1.29 is 4.79 Å². The second-order valence-electron chi connectivity index (χ2n) is 3.20. The molecule has 0 aromatic carbocycles. The molecule has 1 amide bonds. The lowest BCUT2D eigenvalue weighted by molar-refractivity contribution is 0.0962. The quantitative estimate of drug-likeness (QED) is 0.799. The number of hydrogen-bond donors (Lipinski definition) is 1. The molecule has 1 N–H and O–H groups in total. The van der Waals surface area contributed by atoms with Crippen LogP contribution in [-0.4, -0.2) is 18.2 Å². The van der Waals surface area contributed by atoms with Gasteiger partial charge in [-0.25, -0.2) is 0 Å². The fourth-order valence-corrected chi connectivity index (χ4v) is 3.75. The Labute approximate surface area is 96.5 Å². The average molecular weight is 238 g/mol. The van der Waals surface area contributed by atoms with Gasteiger partial charge in [-0.1, -0.05) is 0 Å². The fourth-order valence-electron chi connectivity index (χ4n) is 1.47. The molecule has 0 radical (unpaired) electrons. The third-order valence-corrected chi connectivity index (χ3v) is 4.42. The van der Waals surface area contributed by atoms with E-state index in [1.807, 2.05) is 23.9 Å². The molecule has 0 unspecified atom stereocenters. The summed E-state index contributed by atoms with van der Waals surface area (Å²) >= 11 is 3.46. The highest BCUT2D eigenvalue weighted by Crippen LogP contribution is 2.31. The zero-order chi connectivity index (χ0) is 10.7. The molecule has 1 aromatic heterocycles. The van der Waals surface area contributed by atoms with Crippen molar-refractivity contribution in [3.05, 3.63) is 21.4 Å². The van der Waals surface area contributed by atoms with Gasteiger partial charge in [-0.3, -0.25) is 4.79 Å². The van der Waals surface area contributed by atoms with Crippen molar-refractivity contribution in [1.29, 1.82) is 5.26 Å². The Bertz CT molecular complexity index is 396. The van der Waals surface area contributed by atoms with E-state index >= 15 is 0 Å². The SMILES string of the molecule is N#CCNC(=O)c1cc2c(s1)CCSC2. The molecule has 1 aromatic rings. The summed E-state index contributed by atoms with van der Waals surface area (Å²) in [5, 5.41) is 10.9. The monoisotopic (exact) mass is 238 g/mol. The number of hydrogen-bond acceptors (Lipinski definition) is 4. The molecule has 5 heteroatoms. The van der Waals surface area contributed by atoms with Crippen molar-refractivity contribution in [2.24, 2.45) is 0 Å². The summed E-state index contributed by atoms with van der Waals surface area (Å²) < 4.78 is 0. The Morgan fingerprint density at radius 3 is 3.27 bits per heavy atom. The zero-order valence-electron chi connectivity index (χ0n) is 8.08. The van der Waals surface area contributed by atoms with E-state index in [-0.39, 0.29) is 12.5 Å². The molecule has 2 heterocycles. The van der Waals surface area contributed by atoms with E-state index < -0.39 is 0 Å². The first-order chi connectivity index (χ1) is 7.31. The van der Waals surface area contributed by atoms with Gasteiger partial charge in [-0.2, -0.15) is 17.0 Å². The van der Waals surface area contributed by atoms with Gasteiger partial charge < -0.3 is 5.32 Å². The van der Waals surface area contributed by atoms with Crippen LogP contribution in [0.4, 0.5) is 0 Å². The third-order valence-electron chi connectivity index (χ3n) is 2.18. The van der Waals surface area contributed by atoms with Crippen molar-refractivity contribution in [2.45, 2.75) is 12.2 Å². The first-order valence-electron chi connectivity index (χ1n) is 4.65. The Hall–Kier alpha value is -0.990. The predicted octanol–water partition coefficient (Wildman–Crippen LogP) is 1.79. The highest BCUT2D eigenvalue weighted by molar-refractivity contribution is 7.98. The molecule has 0 saturated heterocycles. The van der Waals surface area contributed by atoms with E-state index in [2.05, 4.69) is 5.32 Å². The predicted molar refractivity (Wildman–Crippen MR) is 62.1 cm³/mol. The minimum Gasteiger partial charge on any atom is -0.338 e. The number of nitrogens with zero attached hydrogens (tertiary/aromatic N) is 1. The maximum absolute atomic E-state index is 11.6. The highest BCUT2D eigenvalue weighted by Gasteiger charge is 2.16. The van der Waals surface area contributed by atoms with Crippen molar-refractivity contribution in [2.75, 3.05) is 12.3 Å². The number of thiophene rings is 1. The summed E-state index contributed by atoms with van der Waals surface area (Å²) in [6.07, 6.45) is 1.07. The molecule has 78 valence electrons. The molecule has 0 aliphatic carbocycles. The molecular formula is C10H10N2OS2. The van der Waals surface area contributed by atoms with Crippen LogP contribution in [0, 0.1) is 11.3 Å². The molecule has 2 rings (SSSR count). The van der Waals surface area contributed by atoms with Gasteiger partial charge in [0.15, 0.2) is 0 Å². The smallest absolute Gasteiger partial charge is 0.262 e. The van der Waals surface area contributed by atoms with Crippen LogP contribution in [0.2, 0.25) is 0 Å². The van der Waals surface area contributed by atoms with Crippen LogP contribution in [0.3, 0.4) is 0 Å². The number of carbonyl (C=O) groups is 1. The Balaban J connectivity index is 2.12. The van der Waals surface area contributed by atoms with E-state index in [4.69, 9.17) is 5.26 Å². The maximum atomic E-state index is 11.6. The number of thioether (sulfide) groups is 1. The lowest BCUT2D eigenvalue weighted by Gasteiger charge is -2.08. The van der Waals surface area contributed by atoms with Crippen molar-refractivity contribution >= 4 is 29.0 Å². The molecule has 1 aliphatic rings. The number of nitriles is 1. The van der Waals surface area contributed by atoms with Crippen LogP contribution >= 0.6 is 23.1 Å². The summed E-state index contributed by atoms with van der Waals surface area (Å²) in [6.45, 7) is 0.0795. The molecule has 0 saturated carbocycles. The summed E-state index contributed by atoms with van der Waals surface area (Å²) in [4.78, 5) is 13.6. The topological polar surface area (TPSA) is 52.9 Å². The van der Waals surface area contributed by atoms with Gasteiger partial charge in [0.25, 0.3) is 5.91 Å². The number of aryl methyl sites for hydroxylation is 1. The number of nitrogens with one attached hydrogen (secondary N) is 1. The Kier molecular flexibility index (Phi) is 3.29. The molecular weight excluding hydrogens is 228 g/mol. The second kappa shape index (κ2) is 4.69. The summed E-state index contributed by atoms with van der Waals surface area (Å²) in [6, 6.07) is 3.86. The minimum atomic E-state index is -0.124. The number of rotatable bonds is 2. The normalized spacial score (nSPS) is 14.1. The highest BCUT2D eigenvalue weighted by atomic mass is 32.2. The molecule has 15 heavy (non-hydrogen) atoms. The van der Waals surface area contributed by atoms with E-state index in [9.17, 15) is 4.79 Å². The van der Waals surface area contributed by atoms with E-state index in [0.29, 0.717) is 0 Å². The lowest BCUT2D eigenvalue weighted by Crippen LogP contribution is -2.22. The summed E-state index contributed by atoms with van der Waals surface area (Å²) in [5.74, 6) is 2.03. The molecule has 1 aliphatic heterocycles. The Morgan fingerprint density at radius 2 is 2.53 bits per heavy atom. The van der Waals surface area contributed by atoms with E-state index in [0.717, 1.165) is 22.8 Å². The van der Waals surface area contributed by atoms with Crippen molar-refractivity contribution in [1.82, 2.24) is 5.32 Å². The van der Waals surface area contributed by atoms with Crippen LogP contribution in [0.15, 0.2) is 6.07 Å². The van der Waals surface area contributed by atoms with Crippen LogP contribution < -0.4 is 5.32 Å². The summed E-state index contributed by atoms with van der Waals surface area (Å²) in [5.41, 5.74) is 1.29. The van der Waals surface area contributed by atoms with Crippen LogP contribution in [0.25, 0.3) is 0 Å². The van der Waals surface area contributed by atoms with Gasteiger partial charge in [-0.15, -0.1) is 11.3 Å². The Morgan fingerprint density at radius 1 is 1.67 bits per heavy atom.